The van der Waals surface area contributed by atoms with Crippen LogP contribution in [0.3, 0.4) is 0 Å². The second kappa shape index (κ2) is 7.92. The fraction of sp³-hybridized carbons (Fsp3) is 0.188. The predicted octanol–water partition coefficient (Wildman–Crippen LogP) is 4.21. The van der Waals surface area contributed by atoms with Gasteiger partial charge in [-0.1, -0.05) is 11.6 Å². The first-order valence-corrected chi connectivity index (χ1v) is 7.31. The van der Waals surface area contributed by atoms with Crippen molar-refractivity contribution in [2.45, 2.75) is 6.42 Å². The lowest BCUT2D eigenvalue weighted by Crippen LogP contribution is -2.17. The first-order valence-electron chi connectivity index (χ1n) is 6.93. The lowest BCUT2D eigenvalue weighted by molar-refractivity contribution is -0.116. The van der Waals surface area contributed by atoms with Crippen molar-refractivity contribution in [3.63, 3.8) is 0 Å². The molecule has 0 unspecified atom stereocenters. The van der Waals surface area contributed by atoms with Gasteiger partial charge in [0.15, 0.2) is 17.5 Å². The number of halogens is 4. The molecule has 0 heterocycles. The number of hydrogen-bond acceptors (Lipinski definition) is 3. The van der Waals surface area contributed by atoms with Crippen LogP contribution >= 0.6 is 11.6 Å². The van der Waals surface area contributed by atoms with E-state index in [0.29, 0.717) is 16.5 Å². The van der Waals surface area contributed by atoms with Crippen LogP contribution in [-0.4, -0.2) is 19.6 Å². The smallest absolute Gasteiger partial charge is 0.226 e. The summed E-state index contributed by atoms with van der Waals surface area (Å²) in [6.45, 7) is 0.202. The molecule has 2 rings (SSSR count). The van der Waals surface area contributed by atoms with Crippen molar-refractivity contribution in [3.05, 3.63) is 52.8 Å². The minimum atomic E-state index is -1.63. The van der Waals surface area contributed by atoms with Crippen LogP contribution in [0.15, 0.2) is 30.3 Å². The second-order valence-corrected chi connectivity index (χ2v) is 5.23. The number of rotatable bonds is 6. The Balaban J connectivity index is 1.93. The number of anilines is 2. The monoisotopic (exact) mass is 358 g/mol. The van der Waals surface area contributed by atoms with Crippen LogP contribution in [0.25, 0.3) is 0 Å². The fourth-order valence-electron chi connectivity index (χ4n) is 1.96. The molecule has 0 spiro atoms. The summed E-state index contributed by atoms with van der Waals surface area (Å²) in [5.41, 5.74) is 0.177. The maximum atomic E-state index is 13.5. The minimum absolute atomic E-state index is 0.0336. The van der Waals surface area contributed by atoms with Crippen LogP contribution < -0.4 is 15.4 Å². The number of nitrogens with one attached hydrogen (secondary N) is 2. The van der Waals surface area contributed by atoms with E-state index in [9.17, 15) is 18.0 Å². The van der Waals surface area contributed by atoms with Crippen LogP contribution in [-0.2, 0) is 4.79 Å². The lowest BCUT2D eigenvalue weighted by Gasteiger charge is -2.12. The zero-order chi connectivity index (χ0) is 17.7. The average Bonchev–Trinajstić information content (AvgIpc) is 2.56. The topological polar surface area (TPSA) is 50.4 Å². The van der Waals surface area contributed by atoms with Crippen molar-refractivity contribution < 1.29 is 22.7 Å². The largest absolute Gasteiger partial charge is 0.495 e. The first kappa shape index (κ1) is 17.9. The quantitative estimate of drug-likeness (QED) is 0.761. The predicted molar refractivity (Wildman–Crippen MR) is 86.1 cm³/mol. The molecule has 0 aliphatic carbocycles. The van der Waals surface area contributed by atoms with Crippen LogP contribution in [0.5, 0.6) is 5.75 Å². The Hall–Kier alpha value is -2.41. The molecule has 4 nitrogen and oxygen atoms in total. The maximum Gasteiger partial charge on any atom is 0.226 e. The van der Waals surface area contributed by atoms with Gasteiger partial charge in [0, 0.05) is 18.0 Å². The summed E-state index contributed by atoms with van der Waals surface area (Å²) >= 11 is 5.88. The Labute approximate surface area is 141 Å². The zero-order valence-electron chi connectivity index (χ0n) is 12.6. The van der Waals surface area contributed by atoms with Crippen LogP contribution in [0.4, 0.5) is 24.5 Å². The number of carbonyl (C=O) groups excluding carboxylic acids is 1. The Kier molecular flexibility index (Phi) is 5.92. The normalized spacial score (nSPS) is 10.4. The number of amides is 1. The summed E-state index contributed by atoms with van der Waals surface area (Å²) in [5.74, 6) is -4.40. The summed E-state index contributed by atoms with van der Waals surface area (Å²) < 4.78 is 44.5. The Morgan fingerprint density at radius 2 is 1.88 bits per heavy atom. The van der Waals surface area contributed by atoms with Crippen molar-refractivity contribution in [1.82, 2.24) is 0 Å². The molecule has 8 heteroatoms. The second-order valence-electron chi connectivity index (χ2n) is 4.79. The van der Waals surface area contributed by atoms with E-state index in [-0.39, 0.29) is 13.0 Å². The highest BCUT2D eigenvalue weighted by Gasteiger charge is 2.15. The molecule has 0 fully saturated rings. The third-order valence-corrected chi connectivity index (χ3v) is 3.37. The van der Waals surface area contributed by atoms with Gasteiger partial charge in [-0.15, -0.1) is 0 Å². The summed E-state index contributed by atoms with van der Waals surface area (Å²) in [4.78, 5) is 11.8. The molecule has 24 heavy (non-hydrogen) atoms. The van der Waals surface area contributed by atoms with E-state index in [4.69, 9.17) is 16.3 Å². The number of ether oxygens (including phenoxy) is 1. The summed E-state index contributed by atoms with van der Waals surface area (Å²) in [6, 6.07) is 6.65. The molecular formula is C16H14ClF3N2O2. The van der Waals surface area contributed by atoms with Gasteiger partial charge in [0.25, 0.3) is 0 Å². The molecule has 0 aliphatic heterocycles. The molecule has 0 aromatic heterocycles. The highest BCUT2D eigenvalue weighted by molar-refractivity contribution is 6.30. The highest BCUT2D eigenvalue weighted by atomic mass is 35.5. The van der Waals surface area contributed by atoms with E-state index in [0.717, 1.165) is 12.1 Å². The standard InChI is InChI=1S/C16H14ClF3N2O2/c1-24-13-5-2-9(17)8-12(13)21-7-6-14(23)22-11-4-3-10(18)15(19)16(11)20/h2-5,8,21H,6-7H2,1H3,(H,22,23). The number of carbonyl (C=O) groups is 1. The Bertz CT molecular complexity index is 756. The van der Waals surface area contributed by atoms with Gasteiger partial charge in [0.05, 0.1) is 18.5 Å². The van der Waals surface area contributed by atoms with Crippen LogP contribution in [0, 0.1) is 17.5 Å². The molecule has 2 aromatic rings. The number of benzene rings is 2. The molecule has 2 N–H and O–H groups in total. The lowest BCUT2D eigenvalue weighted by atomic mass is 10.2. The number of methoxy groups -OCH3 is 1. The van der Waals surface area contributed by atoms with Gasteiger partial charge in [0.2, 0.25) is 5.91 Å². The van der Waals surface area contributed by atoms with E-state index in [1.54, 1.807) is 18.2 Å². The molecule has 0 bridgehead atoms. The van der Waals surface area contributed by atoms with E-state index < -0.39 is 29.0 Å². The Morgan fingerprint density at radius 3 is 2.58 bits per heavy atom. The third kappa shape index (κ3) is 4.32. The molecule has 0 aliphatic rings. The zero-order valence-corrected chi connectivity index (χ0v) is 13.4. The van der Waals surface area contributed by atoms with Gasteiger partial charge in [-0.3, -0.25) is 4.79 Å². The van der Waals surface area contributed by atoms with Gasteiger partial charge < -0.3 is 15.4 Å². The van der Waals surface area contributed by atoms with Crippen molar-refractivity contribution in [2.75, 3.05) is 24.3 Å². The maximum absolute atomic E-state index is 13.5. The first-order chi connectivity index (χ1) is 11.4. The van der Waals surface area contributed by atoms with Crippen LogP contribution in [0.2, 0.25) is 5.02 Å². The van der Waals surface area contributed by atoms with Gasteiger partial charge in [-0.05, 0) is 30.3 Å². The van der Waals surface area contributed by atoms with Crippen molar-refractivity contribution in [1.29, 1.82) is 0 Å². The highest BCUT2D eigenvalue weighted by Crippen LogP contribution is 2.27. The van der Waals surface area contributed by atoms with E-state index in [1.165, 1.54) is 7.11 Å². The van der Waals surface area contributed by atoms with Gasteiger partial charge in [-0.2, -0.15) is 0 Å². The molecule has 0 radical (unpaired) electrons. The van der Waals surface area contributed by atoms with Gasteiger partial charge in [0.1, 0.15) is 5.75 Å². The molecule has 0 atom stereocenters. The van der Waals surface area contributed by atoms with Crippen LogP contribution in [0.1, 0.15) is 6.42 Å². The van der Waals surface area contributed by atoms with Crippen molar-refractivity contribution in [3.8, 4) is 5.75 Å². The molecule has 0 saturated carbocycles. The molecule has 0 saturated heterocycles. The average molecular weight is 359 g/mol. The molecule has 1 amide bonds. The van der Waals surface area contributed by atoms with Gasteiger partial charge in [-0.25, -0.2) is 13.2 Å². The summed E-state index contributed by atoms with van der Waals surface area (Å²) in [7, 11) is 1.49. The Morgan fingerprint density at radius 1 is 1.12 bits per heavy atom. The van der Waals surface area contributed by atoms with E-state index in [1.807, 2.05) is 0 Å². The fourth-order valence-corrected chi connectivity index (χ4v) is 2.14. The SMILES string of the molecule is COc1ccc(Cl)cc1NCCC(=O)Nc1ccc(F)c(F)c1F. The summed E-state index contributed by atoms with van der Waals surface area (Å²) in [6.07, 6.45) is -0.0336. The van der Waals surface area contributed by atoms with Crippen molar-refractivity contribution >= 4 is 28.9 Å². The van der Waals surface area contributed by atoms with Gasteiger partial charge >= 0.3 is 0 Å². The van der Waals surface area contributed by atoms with E-state index >= 15 is 0 Å². The molecule has 2 aromatic carbocycles. The molecular weight excluding hydrogens is 345 g/mol. The number of hydrogen-bond donors (Lipinski definition) is 2. The van der Waals surface area contributed by atoms with Crippen molar-refractivity contribution in [2.24, 2.45) is 0 Å². The molecule has 128 valence electrons. The minimum Gasteiger partial charge on any atom is -0.495 e. The summed E-state index contributed by atoms with van der Waals surface area (Å²) in [5, 5.41) is 5.64. The van der Waals surface area contributed by atoms with E-state index in [2.05, 4.69) is 10.6 Å². The third-order valence-electron chi connectivity index (χ3n) is 3.14.